The second-order valence-electron chi connectivity index (χ2n) is 8.45. The van der Waals surface area contributed by atoms with Crippen molar-refractivity contribution in [2.24, 2.45) is 0 Å². The first kappa shape index (κ1) is 18.9. The van der Waals surface area contributed by atoms with Gasteiger partial charge in [-0.3, -0.25) is 4.57 Å². The molecule has 0 atom stereocenters. The van der Waals surface area contributed by atoms with Gasteiger partial charge in [-0.25, -0.2) is 4.98 Å². The van der Waals surface area contributed by atoms with Gasteiger partial charge in [0.1, 0.15) is 17.0 Å². The molecule has 2 aromatic heterocycles. The van der Waals surface area contributed by atoms with Crippen LogP contribution in [0.3, 0.4) is 0 Å². The second kappa shape index (κ2) is 7.46. The Hall–Kier alpha value is -4.63. The highest BCUT2D eigenvalue weighted by Gasteiger charge is 2.19. The van der Waals surface area contributed by atoms with Crippen LogP contribution in [0.15, 0.2) is 126 Å². The monoisotopic (exact) mass is 436 g/mol. The largest absolute Gasteiger partial charge is 0.455 e. The molecule has 3 nitrogen and oxygen atoms in total. The summed E-state index contributed by atoms with van der Waals surface area (Å²) < 4.78 is 8.58. The fraction of sp³-hybridized carbons (Fsp3) is 0. The summed E-state index contributed by atoms with van der Waals surface area (Å²) in [6, 6.07) is 41.9. The van der Waals surface area contributed by atoms with Crippen molar-refractivity contribution in [3.63, 3.8) is 0 Å². The number of rotatable bonds is 3. The molecule has 0 saturated carbocycles. The van der Waals surface area contributed by atoms with E-state index >= 15 is 0 Å². The molecule has 3 heteroatoms. The first-order valence-corrected chi connectivity index (χ1v) is 11.4. The van der Waals surface area contributed by atoms with Crippen molar-refractivity contribution in [3.05, 3.63) is 121 Å². The van der Waals surface area contributed by atoms with Crippen molar-refractivity contribution < 1.29 is 4.42 Å². The van der Waals surface area contributed by atoms with Gasteiger partial charge in [0.2, 0.25) is 0 Å². The number of imidazole rings is 1. The van der Waals surface area contributed by atoms with E-state index in [1.165, 1.54) is 11.1 Å². The van der Waals surface area contributed by atoms with E-state index in [0.29, 0.717) is 0 Å². The lowest BCUT2D eigenvalue weighted by Gasteiger charge is -2.11. The molecule has 0 aliphatic heterocycles. The molecule has 7 rings (SSSR count). The molecule has 0 saturated heterocycles. The standard InChI is InChI=1S/C31H20N2O/c1-2-9-21(10-3-1)22-17-19-23(20-18-22)33-28-15-6-5-14-27(28)32-31(33)26-13-8-12-25-24-11-4-7-16-29(24)34-30(25)26/h1-20H. The predicted octanol–water partition coefficient (Wildman–Crippen LogP) is 8.26. The van der Waals surface area contributed by atoms with Gasteiger partial charge >= 0.3 is 0 Å². The molecule has 0 N–H and O–H groups in total. The Morgan fingerprint density at radius 1 is 0.559 bits per heavy atom. The van der Waals surface area contributed by atoms with Crippen LogP contribution in [-0.4, -0.2) is 9.55 Å². The van der Waals surface area contributed by atoms with Crippen molar-refractivity contribution in [3.8, 4) is 28.2 Å². The van der Waals surface area contributed by atoms with Crippen molar-refractivity contribution >= 4 is 33.0 Å². The Labute approximate surface area is 196 Å². The summed E-state index contributed by atoms with van der Waals surface area (Å²) in [5.41, 5.74) is 8.22. The van der Waals surface area contributed by atoms with Crippen LogP contribution >= 0.6 is 0 Å². The smallest absolute Gasteiger partial charge is 0.149 e. The fourth-order valence-corrected chi connectivity index (χ4v) is 4.82. The Kier molecular flexibility index (Phi) is 4.15. The summed E-state index contributed by atoms with van der Waals surface area (Å²) in [7, 11) is 0. The quantitative estimate of drug-likeness (QED) is 0.279. The van der Waals surface area contributed by atoms with E-state index in [9.17, 15) is 0 Å². The molecule has 0 bridgehead atoms. The summed E-state index contributed by atoms with van der Waals surface area (Å²) in [4.78, 5) is 5.06. The molecule has 7 aromatic rings. The molecular formula is C31H20N2O. The van der Waals surface area contributed by atoms with E-state index in [1.807, 2.05) is 30.3 Å². The van der Waals surface area contributed by atoms with E-state index in [2.05, 4.69) is 95.6 Å². The van der Waals surface area contributed by atoms with E-state index in [-0.39, 0.29) is 0 Å². The molecule has 34 heavy (non-hydrogen) atoms. The van der Waals surface area contributed by atoms with Crippen LogP contribution in [0.2, 0.25) is 0 Å². The lowest BCUT2D eigenvalue weighted by atomic mass is 10.1. The first-order chi connectivity index (χ1) is 16.9. The van der Waals surface area contributed by atoms with Gasteiger partial charge in [-0.2, -0.15) is 0 Å². The number of aromatic nitrogens is 2. The average molecular weight is 437 g/mol. The number of fused-ring (bicyclic) bond motifs is 4. The number of benzene rings is 5. The maximum absolute atomic E-state index is 6.35. The van der Waals surface area contributed by atoms with E-state index < -0.39 is 0 Å². The summed E-state index contributed by atoms with van der Waals surface area (Å²) in [5.74, 6) is 0.873. The molecule has 0 radical (unpaired) electrons. The minimum atomic E-state index is 0.862. The zero-order chi connectivity index (χ0) is 22.5. The molecule has 0 amide bonds. The lowest BCUT2D eigenvalue weighted by Crippen LogP contribution is -1.98. The Morgan fingerprint density at radius 2 is 1.26 bits per heavy atom. The van der Waals surface area contributed by atoms with Gasteiger partial charge in [-0.05, 0) is 47.5 Å². The topological polar surface area (TPSA) is 31.0 Å². The van der Waals surface area contributed by atoms with Crippen LogP contribution in [0, 0.1) is 0 Å². The molecule has 0 aliphatic carbocycles. The minimum absolute atomic E-state index is 0.862. The van der Waals surface area contributed by atoms with Crippen LogP contribution < -0.4 is 0 Å². The van der Waals surface area contributed by atoms with Crippen molar-refractivity contribution in [1.29, 1.82) is 0 Å². The highest BCUT2D eigenvalue weighted by Crippen LogP contribution is 2.37. The second-order valence-corrected chi connectivity index (χ2v) is 8.45. The summed E-state index contributed by atoms with van der Waals surface area (Å²) in [6.07, 6.45) is 0. The van der Waals surface area contributed by atoms with Crippen LogP contribution in [-0.2, 0) is 0 Å². The van der Waals surface area contributed by atoms with Gasteiger partial charge in [-0.15, -0.1) is 0 Å². The fourth-order valence-electron chi connectivity index (χ4n) is 4.82. The molecule has 0 unspecified atom stereocenters. The van der Waals surface area contributed by atoms with Crippen molar-refractivity contribution in [1.82, 2.24) is 9.55 Å². The minimum Gasteiger partial charge on any atom is -0.455 e. The van der Waals surface area contributed by atoms with Gasteiger partial charge < -0.3 is 4.42 Å². The van der Waals surface area contributed by atoms with Gasteiger partial charge in [0.25, 0.3) is 0 Å². The predicted molar refractivity (Wildman–Crippen MR) is 139 cm³/mol. The van der Waals surface area contributed by atoms with Crippen LogP contribution in [0.5, 0.6) is 0 Å². The number of hydrogen-bond donors (Lipinski definition) is 0. The third-order valence-corrected chi connectivity index (χ3v) is 6.44. The molecule has 0 spiro atoms. The van der Waals surface area contributed by atoms with Gasteiger partial charge in [0.05, 0.1) is 16.6 Å². The van der Waals surface area contributed by atoms with Gasteiger partial charge in [0, 0.05) is 16.5 Å². The Balaban J connectivity index is 1.47. The molecule has 0 aliphatic rings. The zero-order valence-electron chi connectivity index (χ0n) is 18.3. The van der Waals surface area contributed by atoms with Crippen molar-refractivity contribution in [2.75, 3.05) is 0 Å². The van der Waals surface area contributed by atoms with Crippen molar-refractivity contribution in [2.45, 2.75) is 0 Å². The van der Waals surface area contributed by atoms with Gasteiger partial charge in [-0.1, -0.05) is 84.9 Å². The highest BCUT2D eigenvalue weighted by molar-refractivity contribution is 6.09. The third-order valence-electron chi connectivity index (χ3n) is 6.44. The number of nitrogens with zero attached hydrogens (tertiary/aromatic N) is 2. The highest BCUT2D eigenvalue weighted by atomic mass is 16.3. The van der Waals surface area contributed by atoms with Crippen LogP contribution in [0.1, 0.15) is 0 Å². The molecular weight excluding hydrogens is 416 g/mol. The number of hydrogen-bond acceptors (Lipinski definition) is 2. The van der Waals surface area contributed by atoms with Gasteiger partial charge in [0.15, 0.2) is 0 Å². The van der Waals surface area contributed by atoms with E-state index in [1.54, 1.807) is 0 Å². The zero-order valence-corrected chi connectivity index (χ0v) is 18.3. The summed E-state index contributed by atoms with van der Waals surface area (Å²) >= 11 is 0. The van der Waals surface area contributed by atoms with Crippen LogP contribution in [0.25, 0.3) is 61.2 Å². The molecule has 160 valence electrons. The lowest BCUT2D eigenvalue weighted by molar-refractivity contribution is 0.669. The number of furan rings is 1. The Morgan fingerprint density at radius 3 is 2.15 bits per heavy atom. The summed E-state index contributed by atoms with van der Waals surface area (Å²) in [6.45, 7) is 0. The molecule has 0 fully saturated rings. The normalized spacial score (nSPS) is 11.5. The van der Waals surface area contributed by atoms with E-state index in [0.717, 1.165) is 50.0 Å². The average Bonchev–Trinajstić information content (AvgIpc) is 3.48. The molecule has 2 heterocycles. The third kappa shape index (κ3) is 2.87. The first-order valence-electron chi connectivity index (χ1n) is 11.4. The summed E-state index contributed by atoms with van der Waals surface area (Å²) in [5, 5.41) is 2.22. The maximum atomic E-state index is 6.35. The number of para-hydroxylation sites is 4. The maximum Gasteiger partial charge on any atom is 0.149 e. The molecule has 5 aromatic carbocycles. The Bertz CT molecular complexity index is 1790. The SMILES string of the molecule is c1ccc(-c2ccc(-n3c(-c4cccc5c4oc4ccccc45)nc4ccccc43)cc2)cc1. The van der Waals surface area contributed by atoms with E-state index in [4.69, 9.17) is 9.40 Å². The van der Waals surface area contributed by atoms with Crippen LogP contribution in [0.4, 0.5) is 0 Å².